The summed E-state index contributed by atoms with van der Waals surface area (Å²) in [5, 5.41) is 1.15. The van der Waals surface area contributed by atoms with Crippen LogP contribution in [-0.4, -0.2) is 8.07 Å². The molecule has 1 aliphatic carbocycles. The largest absolute Gasteiger partial charge is 0.310 e. The van der Waals surface area contributed by atoms with Gasteiger partial charge in [0.05, 0.1) is 30.1 Å². The number of hydrogen-bond acceptors (Lipinski definition) is 1. The van der Waals surface area contributed by atoms with E-state index >= 15 is 0 Å². The Hall–Kier alpha value is -6.22. The molecule has 0 N–H and O–H groups in total. The average molecular weight is 712 g/mol. The van der Waals surface area contributed by atoms with E-state index in [2.05, 4.69) is 0 Å². The Labute approximate surface area is 338 Å². The smallest absolute Gasteiger partial charge is 0.113 e. The van der Waals surface area contributed by atoms with Crippen LogP contribution in [0.3, 0.4) is 0 Å². The normalized spacial score (nSPS) is 18.9. The zero-order valence-electron chi connectivity index (χ0n) is 46.6. The van der Waals surface area contributed by atoms with Gasteiger partial charge < -0.3 is 4.90 Å². The summed E-state index contributed by atoms with van der Waals surface area (Å²) >= 11 is 0. The fourth-order valence-corrected chi connectivity index (χ4v) is 10.7. The Morgan fingerprint density at radius 1 is 0.434 bits per heavy atom. The molecular formula is C51H39NSi. The maximum atomic E-state index is 10.5. The van der Waals surface area contributed by atoms with Crippen molar-refractivity contribution in [2.75, 3.05) is 4.90 Å². The highest BCUT2D eigenvalue weighted by molar-refractivity contribution is 7.03. The molecule has 0 spiro atoms. The van der Waals surface area contributed by atoms with E-state index in [0.29, 0.717) is 21.5 Å². The van der Waals surface area contributed by atoms with Crippen LogP contribution < -0.4 is 15.3 Å². The van der Waals surface area contributed by atoms with E-state index in [1.54, 1.807) is 6.07 Å². The van der Waals surface area contributed by atoms with E-state index in [1.807, 2.05) is 13.1 Å². The van der Waals surface area contributed by atoms with Crippen LogP contribution in [0.5, 0.6) is 0 Å². The summed E-state index contributed by atoms with van der Waals surface area (Å²) in [4.78, 5) is 1.16. The van der Waals surface area contributed by atoms with Gasteiger partial charge in [-0.05, 0) is 102 Å². The topological polar surface area (TPSA) is 3.24 Å². The second-order valence-electron chi connectivity index (χ2n) is 13.4. The number of nitrogens with zero attached hydrogens (tertiary/aromatic N) is 1. The minimum Gasteiger partial charge on any atom is -0.310 e. The van der Waals surface area contributed by atoms with Crippen molar-refractivity contribution in [1.29, 1.82) is 0 Å². The Bertz CT molecular complexity index is 3580. The third kappa shape index (κ3) is 4.76. The van der Waals surface area contributed by atoms with Gasteiger partial charge in [0.15, 0.2) is 0 Å². The number of anilines is 3. The van der Waals surface area contributed by atoms with E-state index in [-0.39, 0.29) is 146 Å². The predicted octanol–water partition coefficient (Wildman–Crippen LogP) is 12.0. The minimum atomic E-state index is -3.03. The maximum absolute atomic E-state index is 10.5. The molecular weight excluding hydrogens is 655 g/mol. The molecule has 252 valence electrons. The van der Waals surface area contributed by atoms with Gasteiger partial charge in [-0.1, -0.05) is 177 Å². The molecule has 0 bridgehead atoms. The van der Waals surface area contributed by atoms with Crippen LogP contribution >= 0.6 is 0 Å². The lowest BCUT2D eigenvalue weighted by molar-refractivity contribution is 0.768. The van der Waals surface area contributed by atoms with Crippen LogP contribution in [0, 0.1) is 0 Å². The molecule has 0 fully saturated rings. The van der Waals surface area contributed by atoms with Crippen LogP contribution in [0.4, 0.5) is 17.1 Å². The van der Waals surface area contributed by atoms with Crippen molar-refractivity contribution in [3.8, 4) is 33.4 Å². The van der Waals surface area contributed by atoms with E-state index in [1.165, 1.54) is 84.9 Å². The predicted molar refractivity (Wildman–Crippen MR) is 226 cm³/mol. The first kappa shape index (κ1) is 18.0. The molecule has 0 aromatic heterocycles. The monoisotopic (exact) mass is 711 g/mol. The van der Waals surface area contributed by atoms with Gasteiger partial charge in [-0.25, -0.2) is 0 Å². The van der Waals surface area contributed by atoms with Crippen LogP contribution in [0.25, 0.3) is 33.4 Å². The molecule has 53 heavy (non-hydrogen) atoms. The van der Waals surface area contributed by atoms with Crippen molar-refractivity contribution in [3.05, 3.63) is 222 Å². The van der Waals surface area contributed by atoms with Crippen molar-refractivity contribution in [2.24, 2.45) is 0 Å². The standard InChI is InChI=1S/C51H39NSi/c1-53(2)49-27-14-11-24-45(49)46-33-32-42(35-50(46)53)52(40-30-28-37(29-31-40)36-16-5-3-6-17-36)41-21-15-20-39(34-41)51(38-18-7-4-8-19-38)47-25-12-9-22-43(47)44-23-10-13-26-48(44)51/h3-35H,1-2H3/i3D,4D,12D,13D,14D,16D,17D,18D,19D,21D,22D,23D,24D,30D,31D,32D,34D,35D. The van der Waals surface area contributed by atoms with Gasteiger partial charge in [-0.2, -0.15) is 0 Å². The van der Waals surface area contributed by atoms with Gasteiger partial charge in [0.25, 0.3) is 0 Å². The van der Waals surface area contributed by atoms with Gasteiger partial charge in [0, 0.05) is 17.1 Å². The van der Waals surface area contributed by atoms with E-state index < -0.39 is 37.7 Å². The zero-order chi connectivity index (χ0) is 51.2. The third-order valence-electron chi connectivity index (χ3n) is 10.3. The van der Waals surface area contributed by atoms with Gasteiger partial charge in [-0.15, -0.1) is 0 Å². The van der Waals surface area contributed by atoms with Gasteiger partial charge >= 0.3 is 0 Å². The summed E-state index contributed by atoms with van der Waals surface area (Å²) in [6.07, 6.45) is 0. The minimum absolute atomic E-state index is 0.0254. The molecule has 1 aliphatic heterocycles. The molecule has 0 saturated carbocycles. The molecule has 8 aromatic carbocycles. The van der Waals surface area contributed by atoms with Crippen molar-refractivity contribution in [1.82, 2.24) is 0 Å². The molecule has 2 aliphatic rings. The van der Waals surface area contributed by atoms with Gasteiger partial charge in [0.2, 0.25) is 0 Å². The van der Waals surface area contributed by atoms with Crippen molar-refractivity contribution >= 4 is 35.5 Å². The molecule has 8 aromatic rings. The molecule has 1 nitrogen and oxygen atoms in total. The average Bonchev–Trinajstić information content (AvgIpc) is 3.64. The fourth-order valence-electron chi connectivity index (χ4n) is 7.84. The Morgan fingerprint density at radius 2 is 1.02 bits per heavy atom. The highest BCUT2D eigenvalue weighted by atomic mass is 28.3. The fraction of sp³-hybridized carbons (Fsp3) is 0.0588. The lowest BCUT2D eigenvalue weighted by atomic mass is 9.67. The highest BCUT2D eigenvalue weighted by Gasteiger charge is 2.46. The van der Waals surface area contributed by atoms with Gasteiger partial charge in [-0.3, -0.25) is 0 Å². The van der Waals surface area contributed by atoms with Crippen LogP contribution in [0.1, 0.15) is 46.9 Å². The molecule has 0 unspecified atom stereocenters. The van der Waals surface area contributed by atoms with Crippen molar-refractivity contribution in [3.63, 3.8) is 0 Å². The number of benzene rings is 8. The van der Waals surface area contributed by atoms with E-state index in [4.69, 9.17) is 11.0 Å². The first-order valence-corrected chi connectivity index (χ1v) is 20.1. The Morgan fingerprint density at radius 3 is 1.72 bits per heavy atom. The second kappa shape index (κ2) is 12.2. The van der Waals surface area contributed by atoms with Gasteiger partial charge in [0.1, 0.15) is 8.07 Å². The Kier molecular flexibility index (Phi) is 4.14. The molecule has 10 rings (SSSR count). The first-order valence-electron chi connectivity index (χ1n) is 26.1. The van der Waals surface area contributed by atoms with Crippen LogP contribution in [-0.2, 0) is 5.41 Å². The number of hydrogen-bond donors (Lipinski definition) is 0. The van der Waals surface area contributed by atoms with Crippen molar-refractivity contribution < 1.29 is 24.7 Å². The molecule has 0 radical (unpaired) electrons. The molecule has 0 atom stereocenters. The SMILES string of the molecule is [2H]c1cc([2H])c(-c2cc([2H])c(N(c3c([2H])ccc(C4(c5c([2H])cc([2H])cc5[2H])c5cc([2H])cc([2H])c5-c5c([2H])cc([2H])cc54)c3[2H])c3c([2H])cc4c(c3[2H])[Si](C)(C)c3cc([2H])cc([2H])c3-4)c([2H])c2)c([2H])c1. The lowest BCUT2D eigenvalue weighted by Gasteiger charge is -2.35. The summed E-state index contributed by atoms with van der Waals surface area (Å²) < 4.78 is 166. The summed E-state index contributed by atoms with van der Waals surface area (Å²) in [5.41, 5.74) is -1.71. The molecule has 0 saturated heterocycles. The molecule has 2 heteroatoms. The quantitative estimate of drug-likeness (QED) is 0.155. The van der Waals surface area contributed by atoms with Crippen LogP contribution in [0.2, 0.25) is 13.1 Å². The molecule has 1 heterocycles. The maximum Gasteiger partial charge on any atom is 0.113 e. The highest BCUT2D eigenvalue weighted by Crippen LogP contribution is 2.56. The van der Waals surface area contributed by atoms with Crippen molar-refractivity contribution in [2.45, 2.75) is 18.5 Å². The molecule has 0 amide bonds. The summed E-state index contributed by atoms with van der Waals surface area (Å²) in [7, 11) is -3.03. The number of fused-ring (bicyclic) bond motifs is 6. The van der Waals surface area contributed by atoms with E-state index in [0.717, 1.165) is 4.90 Å². The summed E-state index contributed by atoms with van der Waals surface area (Å²) in [6.45, 7) is 3.89. The zero-order valence-corrected chi connectivity index (χ0v) is 29.6. The van der Waals surface area contributed by atoms with E-state index in [9.17, 15) is 13.7 Å². The Balaban J connectivity index is 1.37. The number of rotatable bonds is 6. The third-order valence-corrected chi connectivity index (χ3v) is 13.7. The second-order valence-corrected chi connectivity index (χ2v) is 17.7. The summed E-state index contributed by atoms with van der Waals surface area (Å²) in [6, 6.07) is 15.6. The lowest BCUT2D eigenvalue weighted by Crippen LogP contribution is -2.49. The van der Waals surface area contributed by atoms with Crippen LogP contribution in [0.15, 0.2) is 200 Å². The first-order chi connectivity index (χ1) is 33.4. The summed E-state index contributed by atoms with van der Waals surface area (Å²) in [5.74, 6) is 0.